The second kappa shape index (κ2) is 5.84. The first-order valence-corrected chi connectivity index (χ1v) is 7.08. The lowest BCUT2D eigenvalue weighted by Crippen LogP contribution is -1.98. The fourth-order valence-electron chi connectivity index (χ4n) is 1.33. The molecule has 0 fully saturated rings. The van der Waals surface area contributed by atoms with Crippen molar-refractivity contribution in [1.29, 1.82) is 0 Å². The number of aromatic nitrogens is 1. The van der Waals surface area contributed by atoms with Crippen molar-refractivity contribution in [3.8, 4) is 10.6 Å². The van der Waals surface area contributed by atoms with Gasteiger partial charge in [0.15, 0.2) is 0 Å². The maximum absolute atomic E-state index is 10.4. The summed E-state index contributed by atoms with van der Waals surface area (Å²) < 4.78 is 0. The first-order chi connectivity index (χ1) is 8.25. The lowest BCUT2D eigenvalue weighted by atomic mass is 10.2. The lowest BCUT2D eigenvalue weighted by molar-refractivity contribution is -0.133. The minimum absolute atomic E-state index is 0.123. The molecule has 1 aromatic carbocycles. The molecule has 1 heterocycles. The largest absolute Gasteiger partial charge is 0.481 e. The molecule has 0 aliphatic carbocycles. The maximum atomic E-state index is 10.4. The summed E-state index contributed by atoms with van der Waals surface area (Å²) in [4.78, 5) is 14.9. The Kier molecular flexibility index (Phi) is 4.17. The Bertz CT molecular complexity index is 496. The number of aliphatic carboxylic acids is 1. The molecule has 0 saturated heterocycles. The van der Waals surface area contributed by atoms with E-state index in [2.05, 4.69) is 4.98 Å². The fraction of sp³-hybridized carbons (Fsp3) is 0.167. The van der Waals surface area contributed by atoms with Crippen molar-refractivity contribution in [3.63, 3.8) is 0 Å². The van der Waals surface area contributed by atoms with E-state index in [1.165, 1.54) is 11.8 Å². The first-order valence-electron chi connectivity index (χ1n) is 5.05. The third kappa shape index (κ3) is 3.57. The molecule has 0 amide bonds. The van der Waals surface area contributed by atoms with Crippen molar-refractivity contribution in [2.24, 2.45) is 0 Å². The van der Waals surface area contributed by atoms with Crippen molar-refractivity contribution in [3.05, 3.63) is 41.4 Å². The van der Waals surface area contributed by atoms with Gasteiger partial charge in [-0.05, 0) is 0 Å². The predicted molar refractivity (Wildman–Crippen MR) is 71.3 cm³/mol. The standard InChI is InChI=1S/C12H11NO2S2/c14-11(15)8-16-6-10-7-17-12(13-10)9-4-2-1-3-5-9/h1-5,7H,6,8H2,(H,14,15). The Morgan fingerprint density at radius 3 is 2.82 bits per heavy atom. The predicted octanol–water partition coefficient (Wildman–Crippen LogP) is 3.13. The molecule has 0 unspecified atom stereocenters. The van der Waals surface area contributed by atoms with Gasteiger partial charge in [-0.15, -0.1) is 23.1 Å². The van der Waals surface area contributed by atoms with Crippen LogP contribution in [-0.2, 0) is 10.5 Å². The van der Waals surface area contributed by atoms with E-state index in [1.54, 1.807) is 11.3 Å². The van der Waals surface area contributed by atoms with Gasteiger partial charge in [-0.25, -0.2) is 4.98 Å². The van der Waals surface area contributed by atoms with Gasteiger partial charge in [0.1, 0.15) is 5.01 Å². The van der Waals surface area contributed by atoms with E-state index in [0.29, 0.717) is 5.75 Å². The third-order valence-electron chi connectivity index (χ3n) is 2.05. The highest BCUT2D eigenvalue weighted by molar-refractivity contribution is 7.99. The number of hydrogen-bond acceptors (Lipinski definition) is 4. The van der Waals surface area contributed by atoms with Gasteiger partial charge in [0.05, 0.1) is 11.4 Å². The number of carboxylic acids is 1. The van der Waals surface area contributed by atoms with Crippen LogP contribution in [0, 0.1) is 0 Å². The molecule has 5 heteroatoms. The summed E-state index contributed by atoms with van der Waals surface area (Å²) in [5.74, 6) is -0.0121. The van der Waals surface area contributed by atoms with Crippen LogP contribution < -0.4 is 0 Å². The quantitative estimate of drug-likeness (QED) is 0.902. The zero-order valence-corrected chi connectivity index (χ0v) is 10.6. The Balaban J connectivity index is 1.99. The van der Waals surface area contributed by atoms with E-state index in [1.807, 2.05) is 35.7 Å². The van der Waals surface area contributed by atoms with E-state index in [0.717, 1.165) is 16.3 Å². The topological polar surface area (TPSA) is 50.2 Å². The SMILES string of the molecule is O=C(O)CSCc1csc(-c2ccccc2)n1. The summed E-state index contributed by atoms with van der Waals surface area (Å²) in [7, 11) is 0. The van der Waals surface area contributed by atoms with E-state index < -0.39 is 5.97 Å². The second-order valence-corrected chi connectivity index (χ2v) is 5.24. The Morgan fingerprint density at radius 1 is 1.35 bits per heavy atom. The van der Waals surface area contributed by atoms with E-state index in [4.69, 9.17) is 5.11 Å². The molecule has 0 spiro atoms. The number of hydrogen-bond donors (Lipinski definition) is 1. The van der Waals surface area contributed by atoms with Crippen LogP contribution in [0.5, 0.6) is 0 Å². The minimum Gasteiger partial charge on any atom is -0.481 e. The molecule has 17 heavy (non-hydrogen) atoms. The lowest BCUT2D eigenvalue weighted by Gasteiger charge is -1.95. The number of carboxylic acid groups (broad SMARTS) is 1. The third-order valence-corrected chi connectivity index (χ3v) is 3.94. The summed E-state index contributed by atoms with van der Waals surface area (Å²) in [6, 6.07) is 9.98. The van der Waals surface area contributed by atoms with E-state index in [-0.39, 0.29) is 5.75 Å². The van der Waals surface area contributed by atoms with Crippen LogP contribution in [0.4, 0.5) is 0 Å². The molecule has 3 nitrogen and oxygen atoms in total. The fourth-order valence-corrected chi connectivity index (χ4v) is 2.89. The normalized spacial score (nSPS) is 10.4. The van der Waals surface area contributed by atoms with Crippen molar-refractivity contribution in [1.82, 2.24) is 4.98 Å². The van der Waals surface area contributed by atoms with Gasteiger partial charge in [0, 0.05) is 16.7 Å². The molecule has 0 bridgehead atoms. The number of carbonyl (C=O) groups is 1. The molecular weight excluding hydrogens is 254 g/mol. The summed E-state index contributed by atoms with van der Waals surface area (Å²) in [5, 5.41) is 11.5. The molecule has 88 valence electrons. The molecule has 2 aromatic rings. The molecule has 0 radical (unpaired) electrons. The van der Waals surface area contributed by atoms with Gasteiger partial charge >= 0.3 is 5.97 Å². The number of nitrogens with zero attached hydrogens (tertiary/aromatic N) is 1. The Morgan fingerprint density at radius 2 is 2.12 bits per heavy atom. The van der Waals surface area contributed by atoms with Crippen LogP contribution >= 0.6 is 23.1 Å². The first kappa shape index (κ1) is 12.1. The van der Waals surface area contributed by atoms with Crippen LogP contribution in [-0.4, -0.2) is 21.8 Å². The highest BCUT2D eigenvalue weighted by Crippen LogP contribution is 2.24. The number of thioether (sulfide) groups is 1. The molecule has 0 saturated carbocycles. The van der Waals surface area contributed by atoms with E-state index in [9.17, 15) is 4.79 Å². The summed E-state index contributed by atoms with van der Waals surface area (Å²) in [6.07, 6.45) is 0. The highest BCUT2D eigenvalue weighted by atomic mass is 32.2. The van der Waals surface area contributed by atoms with Gasteiger partial charge in [-0.3, -0.25) is 4.79 Å². The van der Waals surface area contributed by atoms with Gasteiger partial charge in [0.25, 0.3) is 0 Å². The average Bonchev–Trinajstić information content (AvgIpc) is 2.78. The Labute approximate surface area is 108 Å². The average molecular weight is 265 g/mol. The Hall–Kier alpha value is -1.33. The maximum Gasteiger partial charge on any atom is 0.313 e. The molecule has 0 aliphatic rings. The minimum atomic E-state index is -0.784. The highest BCUT2D eigenvalue weighted by Gasteiger charge is 2.05. The molecule has 2 rings (SSSR count). The number of thiazole rings is 1. The van der Waals surface area contributed by atoms with Crippen molar-refractivity contribution in [2.75, 3.05) is 5.75 Å². The van der Waals surface area contributed by atoms with Crippen LogP contribution in [0.25, 0.3) is 10.6 Å². The van der Waals surface area contributed by atoms with Gasteiger partial charge in [-0.2, -0.15) is 0 Å². The smallest absolute Gasteiger partial charge is 0.313 e. The number of benzene rings is 1. The van der Waals surface area contributed by atoms with Crippen molar-refractivity contribution < 1.29 is 9.90 Å². The zero-order chi connectivity index (χ0) is 12.1. The van der Waals surface area contributed by atoms with E-state index >= 15 is 0 Å². The molecule has 1 N–H and O–H groups in total. The molecule has 0 atom stereocenters. The second-order valence-electron chi connectivity index (χ2n) is 3.40. The van der Waals surface area contributed by atoms with Gasteiger partial charge < -0.3 is 5.11 Å². The zero-order valence-electron chi connectivity index (χ0n) is 9.00. The van der Waals surface area contributed by atoms with Gasteiger partial charge in [-0.1, -0.05) is 30.3 Å². The summed E-state index contributed by atoms with van der Waals surface area (Å²) in [6.45, 7) is 0. The monoisotopic (exact) mass is 265 g/mol. The summed E-state index contributed by atoms with van der Waals surface area (Å²) >= 11 is 2.96. The van der Waals surface area contributed by atoms with Crippen LogP contribution in [0.2, 0.25) is 0 Å². The molecular formula is C12H11NO2S2. The molecule has 0 aliphatic heterocycles. The molecule has 1 aromatic heterocycles. The van der Waals surface area contributed by atoms with Crippen LogP contribution in [0.3, 0.4) is 0 Å². The number of rotatable bonds is 5. The van der Waals surface area contributed by atoms with Crippen LogP contribution in [0.15, 0.2) is 35.7 Å². The van der Waals surface area contributed by atoms with Gasteiger partial charge in [0.2, 0.25) is 0 Å². The summed E-state index contributed by atoms with van der Waals surface area (Å²) in [5.41, 5.74) is 2.05. The van der Waals surface area contributed by atoms with Crippen molar-refractivity contribution >= 4 is 29.1 Å². The van der Waals surface area contributed by atoms with Crippen molar-refractivity contribution in [2.45, 2.75) is 5.75 Å². The van der Waals surface area contributed by atoms with Crippen LogP contribution in [0.1, 0.15) is 5.69 Å².